The quantitative estimate of drug-likeness (QED) is 0.903. The van der Waals surface area contributed by atoms with Gasteiger partial charge in [-0.1, -0.05) is 12.8 Å². The second-order valence-corrected chi connectivity index (χ2v) is 7.41. The number of hydrogen-bond acceptors (Lipinski definition) is 3. The number of carbonyl (C=O) groups is 1. The van der Waals surface area contributed by atoms with Crippen LogP contribution in [0.25, 0.3) is 0 Å². The van der Waals surface area contributed by atoms with Crippen LogP contribution in [-0.2, 0) is 0 Å². The summed E-state index contributed by atoms with van der Waals surface area (Å²) in [6.07, 6.45) is 10.2. The van der Waals surface area contributed by atoms with Crippen molar-refractivity contribution in [2.75, 3.05) is 26.7 Å². The molecule has 1 N–H and O–H groups in total. The topological polar surface area (TPSA) is 48.5 Å². The number of nitrogens with zero attached hydrogens (tertiary/aromatic N) is 3. The minimum absolute atomic E-state index is 0.0204. The molecule has 0 spiro atoms. The first-order chi connectivity index (χ1) is 11.6. The summed E-state index contributed by atoms with van der Waals surface area (Å²) >= 11 is 0. The molecule has 1 saturated heterocycles. The molecule has 3 rings (SSSR count). The Morgan fingerprint density at radius 3 is 2.75 bits per heavy atom. The van der Waals surface area contributed by atoms with Gasteiger partial charge in [-0.25, -0.2) is 4.79 Å². The van der Waals surface area contributed by atoms with Crippen molar-refractivity contribution in [3.63, 3.8) is 0 Å². The second-order valence-electron chi connectivity index (χ2n) is 7.41. The lowest BCUT2D eigenvalue weighted by molar-refractivity contribution is 0.189. The molecule has 1 aliphatic carbocycles. The highest BCUT2D eigenvalue weighted by molar-refractivity contribution is 5.74. The van der Waals surface area contributed by atoms with Gasteiger partial charge in [0.1, 0.15) is 0 Å². The van der Waals surface area contributed by atoms with Gasteiger partial charge in [-0.05, 0) is 49.8 Å². The smallest absolute Gasteiger partial charge is 0.317 e. The number of pyridine rings is 1. The Labute approximate surface area is 145 Å². The van der Waals surface area contributed by atoms with E-state index in [1.165, 1.54) is 32.2 Å². The van der Waals surface area contributed by atoms with Crippen LogP contribution < -0.4 is 5.32 Å². The molecule has 0 radical (unpaired) electrons. The Hall–Kier alpha value is -1.62. The molecule has 1 aromatic heterocycles. The van der Waals surface area contributed by atoms with E-state index in [9.17, 15) is 4.79 Å². The van der Waals surface area contributed by atoms with Gasteiger partial charge >= 0.3 is 6.03 Å². The number of rotatable bonds is 5. The lowest BCUT2D eigenvalue weighted by atomic mass is 10.1. The monoisotopic (exact) mass is 330 g/mol. The molecule has 0 bridgehead atoms. The molecule has 2 heterocycles. The SMILES string of the molecule is C[C@@H](c1ccncc1)N(C)C(=O)N[C@@H]1CCN(CC2CCCC2)C1. The predicted molar refractivity (Wildman–Crippen MR) is 95.7 cm³/mol. The first-order valence-corrected chi connectivity index (χ1v) is 9.29. The highest BCUT2D eigenvalue weighted by Crippen LogP contribution is 2.26. The van der Waals surface area contributed by atoms with E-state index in [1.807, 2.05) is 19.2 Å². The van der Waals surface area contributed by atoms with Crippen LogP contribution in [0.4, 0.5) is 4.79 Å². The van der Waals surface area contributed by atoms with Crippen molar-refractivity contribution in [3.8, 4) is 0 Å². The van der Waals surface area contributed by atoms with Gasteiger partial charge in [-0.15, -0.1) is 0 Å². The number of aromatic nitrogens is 1. The Bertz CT molecular complexity index is 529. The van der Waals surface area contributed by atoms with Gasteiger partial charge in [0, 0.05) is 45.1 Å². The average molecular weight is 330 g/mol. The lowest BCUT2D eigenvalue weighted by Crippen LogP contribution is -2.45. The standard InChI is InChI=1S/C19H30N4O/c1-15(17-7-10-20-11-8-17)22(2)19(24)21-18-9-12-23(14-18)13-16-5-3-4-6-16/h7-8,10-11,15-16,18H,3-6,9,12-14H2,1-2H3,(H,21,24)/t15-,18+/m0/s1. The van der Waals surface area contributed by atoms with Crippen molar-refractivity contribution in [1.29, 1.82) is 0 Å². The maximum absolute atomic E-state index is 12.5. The number of urea groups is 1. The molecule has 24 heavy (non-hydrogen) atoms. The maximum Gasteiger partial charge on any atom is 0.317 e. The van der Waals surface area contributed by atoms with Crippen LogP contribution in [0.2, 0.25) is 0 Å². The minimum Gasteiger partial charge on any atom is -0.334 e. The third kappa shape index (κ3) is 4.26. The third-order valence-corrected chi connectivity index (χ3v) is 5.68. The van der Waals surface area contributed by atoms with Crippen LogP contribution in [0, 0.1) is 5.92 Å². The molecular weight excluding hydrogens is 300 g/mol. The van der Waals surface area contributed by atoms with E-state index in [4.69, 9.17) is 0 Å². The van der Waals surface area contributed by atoms with Crippen LogP contribution in [0.15, 0.2) is 24.5 Å². The minimum atomic E-state index is 0.0204. The molecule has 2 amide bonds. The van der Waals surface area contributed by atoms with E-state index in [0.29, 0.717) is 0 Å². The summed E-state index contributed by atoms with van der Waals surface area (Å²) in [5.41, 5.74) is 1.11. The van der Waals surface area contributed by atoms with E-state index in [0.717, 1.165) is 31.0 Å². The summed E-state index contributed by atoms with van der Waals surface area (Å²) in [7, 11) is 1.87. The molecule has 2 atom stereocenters. The summed E-state index contributed by atoms with van der Waals surface area (Å²) in [6, 6.07) is 4.28. The molecule has 132 valence electrons. The molecule has 5 heteroatoms. The number of amides is 2. The fraction of sp³-hybridized carbons (Fsp3) is 0.684. The van der Waals surface area contributed by atoms with Crippen LogP contribution in [-0.4, -0.2) is 53.5 Å². The van der Waals surface area contributed by atoms with Gasteiger partial charge in [-0.2, -0.15) is 0 Å². The second kappa shape index (κ2) is 7.97. The van der Waals surface area contributed by atoms with Gasteiger partial charge in [0.25, 0.3) is 0 Å². The van der Waals surface area contributed by atoms with Crippen LogP contribution in [0.3, 0.4) is 0 Å². The normalized spacial score (nSPS) is 23.3. The van der Waals surface area contributed by atoms with E-state index < -0.39 is 0 Å². The van der Waals surface area contributed by atoms with E-state index >= 15 is 0 Å². The zero-order valence-corrected chi connectivity index (χ0v) is 14.9. The number of nitrogens with one attached hydrogen (secondary N) is 1. The molecule has 2 aliphatic rings. The predicted octanol–water partition coefficient (Wildman–Crippen LogP) is 3.05. The molecule has 2 fully saturated rings. The molecule has 1 aliphatic heterocycles. The lowest BCUT2D eigenvalue weighted by Gasteiger charge is -2.27. The summed E-state index contributed by atoms with van der Waals surface area (Å²) < 4.78 is 0. The summed E-state index contributed by atoms with van der Waals surface area (Å²) in [5, 5.41) is 3.21. The number of carbonyl (C=O) groups excluding carboxylic acids is 1. The number of likely N-dealkylation sites (tertiary alicyclic amines) is 1. The summed E-state index contributed by atoms with van der Waals surface area (Å²) in [5.74, 6) is 0.883. The van der Waals surface area contributed by atoms with Gasteiger partial charge in [0.2, 0.25) is 0 Å². The molecule has 0 unspecified atom stereocenters. The average Bonchev–Trinajstić information content (AvgIpc) is 3.27. The van der Waals surface area contributed by atoms with Crippen molar-refractivity contribution < 1.29 is 4.79 Å². The van der Waals surface area contributed by atoms with Crippen LogP contribution in [0.5, 0.6) is 0 Å². The Kier molecular flexibility index (Phi) is 5.72. The van der Waals surface area contributed by atoms with Crippen molar-refractivity contribution in [1.82, 2.24) is 20.1 Å². The van der Waals surface area contributed by atoms with Crippen molar-refractivity contribution in [2.45, 2.75) is 51.1 Å². The fourth-order valence-corrected chi connectivity index (χ4v) is 3.99. The maximum atomic E-state index is 12.5. The molecule has 1 saturated carbocycles. The van der Waals surface area contributed by atoms with Gasteiger partial charge in [0.05, 0.1) is 6.04 Å². The molecule has 5 nitrogen and oxygen atoms in total. The van der Waals surface area contributed by atoms with Gasteiger partial charge in [0.15, 0.2) is 0 Å². The van der Waals surface area contributed by atoms with Crippen molar-refractivity contribution >= 4 is 6.03 Å². The molecular formula is C19H30N4O. The first kappa shape index (κ1) is 17.2. The highest BCUT2D eigenvalue weighted by Gasteiger charge is 2.28. The first-order valence-electron chi connectivity index (χ1n) is 9.29. The van der Waals surface area contributed by atoms with Crippen LogP contribution in [0.1, 0.15) is 50.6 Å². The summed E-state index contributed by atoms with van der Waals surface area (Å²) in [6.45, 7) is 5.39. The van der Waals surface area contributed by atoms with E-state index in [2.05, 4.69) is 22.1 Å². The van der Waals surface area contributed by atoms with Gasteiger partial charge < -0.3 is 15.1 Å². The molecule has 0 aromatic carbocycles. The van der Waals surface area contributed by atoms with Gasteiger partial charge in [-0.3, -0.25) is 4.98 Å². The van der Waals surface area contributed by atoms with E-state index in [-0.39, 0.29) is 18.1 Å². The summed E-state index contributed by atoms with van der Waals surface area (Å²) in [4.78, 5) is 20.9. The largest absolute Gasteiger partial charge is 0.334 e. The fourth-order valence-electron chi connectivity index (χ4n) is 3.99. The van der Waals surface area contributed by atoms with E-state index in [1.54, 1.807) is 17.3 Å². The Morgan fingerprint density at radius 2 is 2.04 bits per heavy atom. The molecule has 1 aromatic rings. The van der Waals surface area contributed by atoms with Crippen molar-refractivity contribution in [3.05, 3.63) is 30.1 Å². The third-order valence-electron chi connectivity index (χ3n) is 5.68. The number of hydrogen-bond donors (Lipinski definition) is 1. The van der Waals surface area contributed by atoms with Crippen molar-refractivity contribution in [2.24, 2.45) is 5.92 Å². The zero-order valence-electron chi connectivity index (χ0n) is 14.9. The Balaban J connectivity index is 1.46. The Morgan fingerprint density at radius 1 is 1.33 bits per heavy atom. The highest BCUT2D eigenvalue weighted by atomic mass is 16.2. The van der Waals surface area contributed by atoms with Crippen LogP contribution >= 0.6 is 0 Å². The zero-order chi connectivity index (χ0) is 16.9.